The number of carbonyl (C=O) groups excluding carboxylic acids is 1. The van der Waals surface area contributed by atoms with Crippen LogP contribution in [0.2, 0.25) is 0 Å². The molecule has 30 heavy (non-hydrogen) atoms. The molecule has 0 aliphatic rings. The Balaban J connectivity index is 1.73. The van der Waals surface area contributed by atoms with Crippen LogP contribution < -0.4 is 20.3 Å². The molecule has 0 saturated carbocycles. The number of hydrogen-bond acceptors (Lipinski definition) is 7. The zero-order valence-corrected chi connectivity index (χ0v) is 18.6. The molecule has 0 aliphatic carbocycles. The van der Waals surface area contributed by atoms with Crippen LogP contribution in [-0.2, 0) is 21.4 Å². The van der Waals surface area contributed by atoms with Crippen LogP contribution >= 0.6 is 11.3 Å². The van der Waals surface area contributed by atoms with Crippen molar-refractivity contribution < 1.29 is 17.9 Å². The van der Waals surface area contributed by atoms with Gasteiger partial charge in [0.1, 0.15) is 10.6 Å². The zero-order valence-electron chi connectivity index (χ0n) is 17.0. The predicted molar refractivity (Wildman–Crippen MR) is 118 cm³/mol. The molecule has 3 rings (SSSR count). The number of nitrogens with zero attached hydrogens (tertiary/aromatic N) is 2. The second kappa shape index (κ2) is 8.44. The summed E-state index contributed by atoms with van der Waals surface area (Å²) in [5.74, 6) is 0.00136. The SMILES string of the molecule is COc1ccc(NC(=O)CCn2cnc3sc(C)c(C)c3c2=O)cc1NS(C)(=O)=O. The number of amides is 1. The van der Waals surface area contributed by atoms with Crippen LogP contribution in [0.15, 0.2) is 29.3 Å². The summed E-state index contributed by atoms with van der Waals surface area (Å²) in [5, 5.41) is 3.29. The van der Waals surface area contributed by atoms with Crippen molar-refractivity contribution in [2.75, 3.05) is 23.4 Å². The fraction of sp³-hybridized carbons (Fsp3) is 0.316. The zero-order chi connectivity index (χ0) is 22.1. The summed E-state index contributed by atoms with van der Waals surface area (Å²) in [4.78, 5) is 31.1. The Bertz CT molecular complexity index is 1280. The number of ether oxygens (including phenoxy) is 1. The van der Waals surface area contributed by atoms with Gasteiger partial charge in [0.15, 0.2) is 0 Å². The molecule has 0 saturated heterocycles. The Morgan fingerprint density at radius 2 is 2.03 bits per heavy atom. The van der Waals surface area contributed by atoms with E-state index < -0.39 is 10.0 Å². The van der Waals surface area contributed by atoms with E-state index in [0.29, 0.717) is 21.7 Å². The molecular weight excluding hydrogens is 428 g/mol. The van der Waals surface area contributed by atoms with Gasteiger partial charge in [-0.1, -0.05) is 0 Å². The van der Waals surface area contributed by atoms with Gasteiger partial charge in [0.25, 0.3) is 5.56 Å². The Morgan fingerprint density at radius 3 is 2.70 bits per heavy atom. The van der Waals surface area contributed by atoms with Gasteiger partial charge < -0.3 is 10.1 Å². The third kappa shape index (κ3) is 4.79. The fourth-order valence-electron chi connectivity index (χ4n) is 2.94. The average molecular weight is 451 g/mol. The largest absolute Gasteiger partial charge is 0.495 e. The van der Waals surface area contributed by atoms with E-state index in [1.807, 2.05) is 13.8 Å². The fourth-order valence-corrected chi connectivity index (χ4v) is 4.49. The lowest BCUT2D eigenvalue weighted by molar-refractivity contribution is -0.116. The Labute approximate surface area is 177 Å². The van der Waals surface area contributed by atoms with Gasteiger partial charge in [-0.05, 0) is 37.6 Å². The second-order valence-corrected chi connectivity index (χ2v) is 9.75. The Kier molecular flexibility index (Phi) is 6.13. The van der Waals surface area contributed by atoms with Crippen molar-refractivity contribution in [1.82, 2.24) is 9.55 Å². The highest BCUT2D eigenvalue weighted by Gasteiger charge is 2.14. The van der Waals surface area contributed by atoms with Gasteiger partial charge in [0.2, 0.25) is 15.9 Å². The number of carbonyl (C=O) groups is 1. The summed E-state index contributed by atoms with van der Waals surface area (Å²) in [6.45, 7) is 4.01. The summed E-state index contributed by atoms with van der Waals surface area (Å²) in [5.41, 5.74) is 1.36. The molecule has 2 aromatic heterocycles. The summed E-state index contributed by atoms with van der Waals surface area (Å²) >= 11 is 1.47. The third-order valence-electron chi connectivity index (χ3n) is 4.51. The van der Waals surface area contributed by atoms with E-state index in [0.717, 1.165) is 16.7 Å². The molecule has 0 aliphatic heterocycles. The lowest BCUT2D eigenvalue weighted by Crippen LogP contribution is -2.23. The van der Waals surface area contributed by atoms with Crippen LogP contribution in [0.3, 0.4) is 0 Å². The predicted octanol–water partition coefficient (Wildman–Crippen LogP) is 2.48. The standard InChI is InChI=1S/C19H22N4O5S2/c1-11-12(2)29-18-17(11)19(25)23(10-20-18)8-7-16(24)21-13-5-6-15(28-3)14(9-13)22-30(4,26)27/h5-6,9-10,22H,7-8H2,1-4H3,(H,21,24). The number of nitrogens with one attached hydrogen (secondary N) is 2. The third-order valence-corrected chi connectivity index (χ3v) is 6.22. The first-order valence-corrected chi connectivity index (χ1v) is 11.7. The van der Waals surface area contributed by atoms with Crippen molar-refractivity contribution in [1.29, 1.82) is 0 Å². The highest BCUT2D eigenvalue weighted by atomic mass is 32.2. The van der Waals surface area contributed by atoms with Crippen LogP contribution in [0.4, 0.5) is 11.4 Å². The van der Waals surface area contributed by atoms with Gasteiger partial charge in [-0.2, -0.15) is 0 Å². The molecule has 0 fully saturated rings. The van der Waals surface area contributed by atoms with E-state index in [4.69, 9.17) is 4.74 Å². The average Bonchev–Trinajstić information content (AvgIpc) is 2.95. The quantitative estimate of drug-likeness (QED) is 0.571. The number of aromatic nitrogens is 2. The molecule has 0 unspecified atom stereocenters. The van der Waals surface area contributed by atoms with Gasteiger partial charge in [-0.25, -0.2) is 13.4 Å². The van der Waals surface area contributed by atoms with Crippen molar-refractivity contribution in [2.45, 2.75) is 26.8 Å². The van der Waals surface area contributed by atoms with E-state index in [1.165, 1.54) is 35.4 Å². The van der Waals surface area contributed by atoms with Crippen molar-refractivity contribution in [3.63, 3.8) is 0 Å². The lowest BCUT2D eigenvalue weighted by atomic mass is 10.2. The smallest absolute Gasteiger partial charge is 0.262 e. The van der Waals surface area contributed by atoms with E-state index in [-0.39, 0.29) is 30.1 Å². The van der Waals surface area contributed by atoms with Crippen molar-refractivity contribution in [3.8, 4) is 5.75 Å². The number of benzene rings is 1. The molecule has 11 heteroatoms. The maximum atomic E-state index is 12.7. The van der Waals surface area contributed by atoms with Crippen molar-refractivity contribution in [3.05, 3.63) is 45.3 Å². The molecule has 9 nitrogen and oxygen atoms in total. The van der Waals surface area contributed by atoms with Crippen LogP contribution in [-0.4, -0.2) is 37.2 Å². The van der Waals surface area contributed by atoms with E-state index in [2.05, 4.69) is 15.0 Å². The highest BCUT2D eigenvalue weighted by Crippen LogP contribution is 2.29. The summed E-state index contributed by atoms with van der Waals surface area (Å²) in [6, 6.07) is 4.61. The van der Waals surface area contributed by atoms with Gasteiger partial charge in [0, 0.05) is 23.5 Å². The van der Waals surface area contributed by atoms with Crippen LogP contribution in [0.5, 0.6) is 5.75 Å². The van der Waals surface area contributed by atoms with E-state index in [9.17, 15) is 18.0 Å². The minimum Gasteiger partial charge on any atom is -0.495 e. The number of anilines is 2. The maximum Gasteiger partial charge on any atom is 0.262 e. The molecule has 0 spiro atoms. The summed E-state index contributed by atoms with van der Waals surface area (Å²) in [6.07, 6.45) is 2.53. The number of sulfonamides is 1. The molecule has 1 amide bonds. The second-order valence-electron chi connectivity index (χ2n) is 6.79. The van der Waals surface area contributed by atoms with Crippen LogP contribution in [0.25, 0.3) is 10.2 Å². The number of methoxy groups -OCH3 is 1. The molecule has 1 aromatic carbocycles. The Hall–Kier alpha value is -2.92. The molecule has 0 bridgehead atoms. The maximum absolute atomic E-state index is 12.7. The lowest BCUT2D eigenvalue weighted by Gasteiger charge is -2.12. The van der Waals surface area contributed by atoms with Crippen LogP contribution in [0, 0.1) is 13.8 Å². The number of thiophene rings is 1. The van der Waals surface area contributed by atoms with E-state index >= 15 is 0 Å². The topological polar surface area (TPSA) is 119 Å². The van der Waals surface area contributed by atoms with Crippen molar-refractivity contribution >= 4 is 48.9 Å². The molecule has 0 atom stereocenters. The monoisotopic (exact) mass is 450 g/mol. The van der Waals surface area contributed by atoms with E-state index in [1.54, 1.807) is 12.1 Å². The number of hydrogen-bond donors (Lipinski definition) is 2. The van der Waals surface area contributed by atoms with Gasteiger partial charge in [-0.3, -0.25) is 18.9 Å². The molecule has 2 heterocycles. The number of fused-ring (bicyclic) bond motifs is 1. The molecule has 0 radical (unpaired) electrons. The summed E-state index contributed by atoms with van der Waals surface area (Å²) < 4.78 is 31.9. The first-order valence-electron chi connectivity index (χ1n) is 9.00. The molecule has 2 N–H and O–H groups in total. The minimum absolute atomic E-state index is 0.0517. The normalized spacial score (nSPS) is 11.5. The molecule has 3 aromatic rings. The van der Waals surface area contributed by atoms with Gasteiger partial charge in [-0.15, -0.1) is 11.3 Å². The minimum atomic E-state index is -3.51. The molecule has 160 valence electrons. The first kappa shape index (κ1) is 21.8. The van der Waals surface area contributed by atoms with Crippen LogP contribution in [0.1, 0.15) is 16.9 Å². The number of aryl methyl sites for hydroxylation is 3. The van der Waals surface area contributed by atoms with Gasteiger partial charge >= 0.3 is 0 Å². The molecular formula is C19H22N4O5S2. The Morgan fingerprint density at radius 1 is 1.30 bits per heavy atom. The van der Waals surface area contributed by atoms with Gasteiger partial charge in [0.05, 0.1) is 30.8 Å². The summed E-state index contributed by atoms with van der Waals surface area (Å²) in [7, 11) is -2.10. The highest BCUT2D eigenvalue weighted by molar-refractivity contribution is 7.92. The van der Waals surface area contributed by atoms with Crippen molar-refractivity contribution in [2.24, 2.45) is 0 Å². The first-order chi connectivity index (χ1) is 14.1. The number of rotatable bonds is 7.